The Hall–Kier alpha value is -1.15. The molecule has 4 aliphatic rings. The van der Waals surface area contributed by atoms with Crippen LogP contribution in [0.4, 0.5) is 13.2 Å². The van der Waals surface area contributed by atoms with Gasteiger partial charge < -0.3 is 15.3 Å². The zero-order valence-corrected chi connectivity index (χ0v) is 22.0. The topological polar surface area (TPSA) is 63.9 Å². The molecular formula is C29H44F3NO3. The lowest BCUT2D eigenvalue weighted by Gasteiger charge is -2.46. The molecule has 204 valence electrons. The van der Waals surface area contributed by atoms with Gasteiger partial charge in [0.1, 0.15) is 0 Å². The van der Waals surface area contributed by atoms with Gasteiger partial charge in [-0.2, -0.15) is 13.2 Å². The zero-order chi connectivity index (χ0) is 26.5. The van der Waals surface area contributed by atoms with E-state index < -0.39 is 24.0 Å². The van der Waals surface area contributed by atoms with E-state index in [1.54, 1.807) is 0 Å². The number of hydrogen-bond acceptors (Lipinski definition) is 4. The molecule has 0 aromatic heterocycles. The number of hydrogen-bond donors (Lipinski definition) is 3. The third kappa shape index (κ3) is 5.10. The lowest BCUT2D eigenvalue weighted by Crippen LogP contribution is -2.57. The molecule has 0 spiro atoms. The highest BCUT2D eigenvalue weighted by molar-refractivity contribution is 5.39. The van der Waals surface area contributed by atoms with Gasteiger partial charge in [-0.25, -0.2) is 0 Å². The van der Waals surface area contributed by atoms with Crippen LogP contribution in [0, 0.1) is 29.1 Å². The molecule has 1 aliphatic heterocycles. The van der Waals surface area contributed by atoms with Crippen LogP contribution < -0.4 is 0 Å². The van der Waals surface area contributed by atoms with E-state index in [1.165, 1.54) is 5.57 Å². The number of rotatable bonds is 4. The van der Waals surface area contributed by atoms with Crippen molar-refractivity contribution in [1.82, 2.24) is 4.90 Å². The number of allylic oxidation sites excluding steroid dienone is 3. The molecule has 0 aromatic carbocycles. The van der Waals surface area contributed by atoms with E-state index in [0.717, 1.165) is 37.7 Å². The van der Waals surface area contributed by atoms with Gasteiger partial charge in [0.25, 0.3) is 0 Å². The summed E-state index contributed by atoms with van der Waals surface area (Å²) in [5.74, 6) is 0.895. The molecule has 0 radical (unpaired) electrons. The second-order valence-corrected chi connectivity index (χ2v) is 12.5. The van der Waals surface area contributed by atoms with Crippen LogP contribution in [0.2, 0.25) is 0 Å². The van der Waals surface area contributed by atoms with Crippen LogP contribution in [-0.4, -0.2) is 63.8 Å². The van der Waals surface area contributed by atoms with E-state index in [-0.39, 0.29) is 30.2 Å². The molecule has 2 unspecified atom stereocenters. The van der Waals surface area contributed by atoms with Crippen molar-refractivity contribution in [3.8, 4) is 0 Å². The zero-order valence-electron chi connectivity index (χ0n) is 22.0. The van der Waals surface area contributed by atoms with E-state index in [4.69, 9.17) is 0 Å². The number of aliphatic hydroxyl groups is 3. The molecule has 4 rings (SSSR count). The average molecular weight is 512 g/mol. The summed E-state index contributed by atoms with van der Waals surface area (Å²) in [6.07, 6.45) is 4.38. The summed E-state index contributed by atoms with van der Waals surface area (Å²) in [5, 5.41) is 31.0. The monoisotopic (exact) mass is 511 g/mol. The first-order valence-corrected chi connectivity index (χ1v) is 13.7. The van der Waals surface area contributed by atoms with Gasteiger partial charge in [-0.1, -0.05) is 45.1 Å². The number of alkyl halides is 3. The predicted octanol–water partition coefficient (Wildman–Crippen LogP) is 5.40. The van der Waals surface area contributed by atoms with Crippen LogP contribution in [-0.2, 0) is 0 Å². The highest BCUT2D eigenvalue weighted by Gasteiger charge is 2.56. The highest BCUT2D eigenvalue weighted by atomic mass is 19.4. The number of piperidine rings is 1. The quantitative estimate of drug-likeness (QED) is 0.473. The third-order valence-corrected chi connectivity index (χ3v) is 10.2. The van der Waals surface area contributed by atoms with Gasteiger partial charge in [-0.15, -0.1) is 0 Å². The average Bonchev–Trinajstić information content (AvgIpc) is 3.16. The van der Waals surface area contributed by atoms with E-state index in [9.17, 15) is 28.5 Å². The first-order chi connectivity index (χ1) is 16.8. The van der Waals surface area contributed by atoms with Gasteiger partial charge in [-0.05, 0) is 92.2 Å². The fourth-order valence-corrected chi connectivity index (χ4v) is 7.90. The van der Waals surface area contributed by atoms with Crippen molar-refractivity contribution in [1.29, 1.82) is 0 Å². The Bertz CT molecular complexity index is 899. The molecule has 8 atom stereocenters. The molecule has 36 heavy (non-hydrogen) atoms. The fourth-order valence-electron chi connectivity index (χ4n) is 7.90. The van der Waals surface area contributed by atoms with Crippen molar-refractivity contribution < 1.29 is 28.5 Å². The maximum absolute atomic E-state index is 13.4. The Labute approximate surface area is 214 Å². The summed E-state index contributed by atoms with van der Waals surface area (Å²) < 4.78 is 40.3. The van der Waals surface area contributed by atoms with Crippen LogP contribution in [0.1, 0.15) is 72.1 Å². The molecular weight excluding hydrogens is 467 g/mol. The molecule has 7 heteroatoms. The van der Waals surface area contributed by atoms with Crippen molar-refractivity contribution in [2.24, 2.45) is 29.1 Å². The summed E-state index contributed by atoms with van der Waals surface area (Å²) in [4.78, 5) is 1.83. The molecule has 3 N–H and O–H groups in total. The number of fused-ring (bicyclic) bond motifs is 1. The Morgan fingerprint density at radius 1 is 1.17 bits per heavy atom. The van der Waals surface area contributed by atoms with Gasteiger partial charge in [0.15, 0.2) is 5.60 Å². The maximum Gasteiger partial charge on any atom is 0.418 e. The minimum atomic E-state index is -4.59. The summed E-state index contributed by atoms with van der Waals surface area (Å²) >= 11 is 0. The number of halogens is 3. The SMILES string of the molecule is C=C1/C(=C\C=C2/CCC[C@]3(C)[C@@H](C(C)CN4CCCC(O)(C(F)(F)F)C4)CC[C@@H]23)C[C@@H](O)[C@H](C)[C@@H]1O. The Kier molecular flexibility index (Phi) is 7.90. The third-order valence-electron chi connectivity index (χ3n) is 10.2. The van der Waals surface area contributed by atoms with Crippen LogP contribution in [0.3, 0.4) is 0 Å². The van der Waals surface area contributed by atoms with Gasteiger partial charge in [0.05, 0.1) is 12.2 Å². The van der Waals surface area contributed by atoms with Gasteiger partial charge in [0, 0.05) is 19.0 Å². The van der Waals surface area contributed by atoms with Gasteiger partial charge in [-0.3, -0.25) is 4.90 Å². The normalized spacial score (nSPS) is 43.7. The van der Waals surface area contributed by atoms with Gasteiger partial charge in [0.2, 0.25) is 0 Å². The lowest BCUT2D eigenvalue weighted by atomic mass is 9.61. The van der Waals surface area contributed by atoms with Crippen LogP contribution in [0.25, 0.3) is 0 Å². The number of β-amino-alcohol motifs (C(OH)–C–C–N with tert-alkyl or cyclic N) is 1. The number of likely N-dealkylation sites (tertiary alicyclic amines) is 1. The van der Waals surface area contributed by atoms with E-state index in [2.05, 4.69) is 26.5 Å². The minimum absolute atomic E-state index is 0.106. The van der Waals surface area contributed by atoms with Crippen LogP contribution in [0.15, 0.2) is 35.5 Å². The Balaban J connectivity index is 1.46. The largest absolute Gasteiger partial charge is 0.418 e. The Morgan fingerprint density at radius 3 is 2.58 bits per heavy atom. The number of aliphatic hydroxyl groups excluding tert-OH is 2. The first-order valence-electron chi connectivity index (χ1n) is 13.7. The maximum atomic E-state index is 13.4. The van der Waals surface area contributed by atoms with Crippen LogP contribution in [0.5, 0.6) is 0 Å². The summed E-state index contributed by atoms with van der Waals surface area (Å²) in [5.41, 5.74) is 0.531. The molecule has 4 fully saturated rings. The van der Waals surface area contributed by atoms with E-state index in [1.807, 2.05) is 17.9 Å². The number of nitrogens with zero attached hydrogens (tertiary/aromatic N) is 1. The molecule has 3 saturated carbocycles. The second-order valence-electron chi connectivity index (χ2n) is 12.5. The van der Waals surface area contributed by atoms with E-state index >= 15 is 0 Å². The van der Waals surface area contributed by atoms with Crippen molar-refractivity contribution in [3.05, 3.63) is 35.5 Å². The summed E-state index contributed by atoms with van der Waals surface area (Å²) in [6, 6.07) is 0. The minimum Gasteiger partial charge on any atom is -0.392 e. The first kappa shape index (κ1) is 27.9. The predicted molar refractivity (Wildman–Crippen MR) is 135 cm³/mol. The molecule has 3 aliphatic carbocycles. The van der Waals surface area contributed by atoms with Crippen molar-refractivity contribution in [3.63, 3.8) is 0 Å². The molecule has 1 saturated heterocycles. The van der Waals surface area contributed by atoms with Crippen LogP contribution >= 0.6 is 0 Å². The standard InChI is InChI=1S/C29H44F3NO3/c1-18(16-33-14-6-13-28(36,17-33)29(30,31)32)23-10-11-24-21(7-5-12-27(23,24)4)8-9-22-15-25(34)20(3)26(35)19(22)2/h8-9,18,20,23-26,34-36H,2,5-7,10-17H2,1,3-4H3/b21-8+,22-9-/t18?,20-,23+,24-,25+,26+,27+,28?/m0/s1. The lowest BCUT2D eigenvalue weighted by molar-refractivity contribution is -0.274. The summed E-state index contributed by atoms with van der Waals surface area (Å²) in [7, 11) is 0. The van der Waals surface area contributed by atoms with Crippen molar-refractivity contribution in [2.45, 2.75) is 96.1 Å². The fraction of sp³-hybridized carbons (Fsp3) is 0.793. The Morgan fingerprint density at radius 2 is 1.89 bits per heavy atom. The second kappa shape index (κ2) is 10.2. The van der Waals surface area contributed by atoms with Gasteiger partial charge >= 0.3 is 6.18 Å². The highest BCUT2D eigenvalue weighted by Crippen LogP contribution is 2.59. The molecule has 1 heterocycles. The van der Waals surface area contributed by atoms with E-state index in [0.29, 0.717) is 43.3 Å². The smallest absolute Gasteiger partial charge is 0.392 e. The molecule has 0 aromatic rings. The molecule has 4 nitrogen and oxygen atoms in total. The van der Waals surface area contributed by atoms with Crippen molar-refractivity contribution >= 4 is 0 Å². The van der Waals surface area contributed by atoms with Crippen molar-refractivity contribution in [2.75, 3.05) is 19.6 Å². The summed E-state index contributed by atoms with van der Waals surface area (Å²) in [6.45, 7) is 11.3. The molecule has 0 bridgehead atoms. The molecule has 0 amide bonds.